The van der Waals surface area contributed by atoms with Crippen molar-refractivity contribution in [2.45, 2.75) is 25.2 Å². The molecule has 1 aliphatic heterocycles. The standard InChI is InChI=1S/C20H22N2O/c23-20(19-14-18(19)15-6-2-1-3-7-15)21-16-8-10-17(11-9-16)22-12-4-5-13-22/h1-3,6-11,18-19H,4-5,12-14H2,(H,21,23). The first-order chi connectivity index (χ1) is 11.3. The third kappa shape index (κ3) is 3.09. The zero-order chi connectivity index (χ0) is 15.6. The maximum atomic E-state index is 12.4. The van der Waals surface area contributed by atoms with Crippen molar-refractivity contribution in [3.8, 4) is 0 Å². The molecular formula is C20H22N2O. The van der Waals surface area contributed by atoms with Gasteiger partial charge in [-0.15, -0.1) is 0 Å². The van der Waals surface area contributed by atoms with Crippen molar-refractivity contribution in [3.63, 3.8) is 0 Å². The number of hydrogen-bond acceptors (Lipinski definition) is 2. The molecule has 1 amide bonds. The minimum Gasteiger partial charge on any atom is -0.372 e. The molecule has 2 aromatic carbocycles. The van der Waals surface area contributed by atoms with Crippen LogP contribution in [0.25, 0.3) is 0 Å². The van der Waals surface area contributed by atoms with E-state index in [2.05, 4.69) is 34.5 Å². The summed E-state index contributed by atoms with van der Waals surface area (Å²) in [4.78, 5) is 14.8. The van der Waals surface area contributed by atoms with Crippen LogP contribution in [0.4, 0.5) is 11.4 Å². The lowest BCUT2D eigenvalue weighted by Crippen LogP contribution is -2.18. The number of anilines is 2. The second kappa shape index (κ2) is 6.07. The van der Waals surface area contributed by atoms with Crippen molar-refractivity contribution < 1.29 is 4.79 Å². The number of carbonyl (C=O) groups excluding carboxylic acids is 1. The SMILES string of the molecule is O=C(Nc1ccc(N2CCCC2)cc1)C1CC1c1ccccc1. The van der Waals surface area contributed by atoms with Gasteiger partial charge in [0.1, 0.15) is 0 Å². The van der Waals surface area contributed by atoms with Gasteiger partial charge in [0, 0.05) is 30.4 Å². The average molecular weight is 306 g/mol. The number of rotatable bonds is 4. The van der Waals surface area contributed by atoms with Gasteiger partial charge in [0.25, 0.3) is 0 Å². The Bertz CT molecular complexity index is 675. The zero-order valence-electron chi connectivity index (χ0n) is 13.2. The Morgan fingerprint density at radius 2 is 1.65 bits per heavy atom. The van der Waals surface area contributed by atoms with Crippen molar-refractivity contribution >= 4 is 17.3 Å². The minimum atomic E-state index is 0.121. The van der Waals surface area contributed by atoms with Crippen molar-refractivity contribution in [1.29, 1.82) is 0 Å². The van der Waals surface area contributed by atoms with Crippen LogP contribution in [0.5, 0.6) is 0 Å². The molecule has 1 N–H and O–H groups in total. The van der Waals surface area contributed by atoms with E-state index in [9.17, 15) is 4.79 Å². The third-order valence-corrected chi connectivity index (χ3v) is 4.96. The topological polar surface area (TPSA) is 32.3 Å². The number of benzene rings is 2. The maximum Gasteiger partial charge on any atom is 0.228 e. The Morgan fingerprint density at radius 1 is 0.957 bits per heavy atom. The normalized spacial score (nSPS) is 22.9. The smallest absolute Gasteiger partial charge is 0.228 e. The van der Waals surface area contributed by atoms with Gasteiger partial charge in [0.2, 0.25) is 5.91 Å². The van der Waals surface area contributed by atoms with Gasteiger partial charge in [-0.1, -0.05) is 30.3 Å². The molecular weight excluding hydrogens is 284 g/mol. The second-order valence-corrected chi connectivity index (χ2v) is 6.59. The van der Waals surface area contributed by atoms with E-state index >= 15 is 0 Å². The highest BCUT2D eigenvalue weighted by molar-refractivity contribution is 5.95. The summed E-state index contributed by atoms with van der Waals surface area (Å²) in [6.45, 7) is 2.29. The van der Waals surface area contributed by atoms with Gasteiger partial charge in [-0.25, -0.2) is 0 Å². The third-order valence-electron chi connectivity index (χ3n) is 4.96. The zero-order valence-corrected chi connectivity index (χ0v) is 13.2. The molecule has 1 heterocycles. The highest BCUT2D eigenvalue weighted by Gasteiger charge is 2.43. The van der Waals surface area contributed by atoms with E-state index in [4.69, 9.17) is 0 Å². The van der Waals surface area contributed by atoms with E-state index in [0.717, 1.165) is 25.2 Å². The fourth-order valence-corrected chi connectivity index (χ4v) is 3.52. The molecule has 3 nitrogen and oxygen atoms in total. The van der Waals surface area contributed by atoms with E-state index in [1.165, 1.54) is 24.1 Å². The molecule has 0 radical (unpaired) electrons. The van der Waals surface area contributed by atoms with Gasteiger partial charge in [-0.05, 0) is 55.0 Å². The summed E-state index contributed by atoms with van der Waals surface area (Å²) in [7, 11) is 0. The number of nitrogens with zero attached hydrogens (tertiary/aromatic N) is 1. The van der Waals surface area contributed by atoms with Gasteiger partial charge < -0.3 is 10.2 Å². The summed E-state index contributed by atoms with van der Waals surface area (Å²) in [5.74, 6) is 0.656. The Hall–Kier alpha value is -2.29. The lowest BCUT2D eigenvalue weighted by Gasteiger charge is -2.17. The van der Waals surface area contributed by atoms with Crippen LogP contribution >= 0.6 is 0 Å². The Morgan fingerprint density at radius 3 is 2.35 bits per heavy atom. The van der Waals surface area contributed by atoms with Crippen molar-refractivity contribution in [1.82, 2.24) is 0 Å². The molecule has 2 fully saturated rings. The van der Waals surface area contributed by atoms with Gasteiger partial charge in [-0.2, -0.15) is 0 Å². The van der Waals surface area contributed by atoms with E-state index in [1.807, 2.05) is 30.3 Å². The Kier molecular flexibility index (Phi) is 3.78. The predicted molar refractivity (Wildman–Crippen MR) is 93.8 cm³/mol. The van der Waals surface area contributed by atoms with Crippen molar-refractivity contribution in [2.24, 2.45) is 5.92 Å². The molecule has 3 heteroatoms. The van der Waals surface area contributed by atoms with Gasteiger partial charge >= 0.3 is 0 Å². The highest BCUT2D eigenvalue weighted by Crippen LogP contribution is 2.47. The summed E-state index contributed by atoms with van der Waals surface area (Å²) in [6.07, 6.45) is 3.52. The molecule has 118 valence electrons. The molecule has 0 spiro atoms. The summed E-state index contributed by atoms with van der Waals surface area (Å²) < 4.78 is 0. The first-order valence-electron chi connectivity index (χ1n) is 8.52. The average Bonchev–Trinajstić information content (AvgIpc) is 3.22. The van der Waals surface area contributed by atoms with Gasteiger partial charge in [0.15, 0.2) is 0 Å². The predicted octanol–water partition coefficient (Wildman–Crippen LogP) is 4.03. The molecule has 1 saturated heterocycles. The molecule has 23 heavy (non-hydrogen) atoms. The largest absolute Gasteiger partial charge is 0.372 e. The number of carbonyl (C=O) groups is 1. The van der Waals surface area contributed by atoms with Crippen LogP contribution in [0.15, 0.2) is 54.6 Å². The van der Waals surface area contributed by atoms with E-state index < -0.39 is 0 Å². The second-order valence-electron chi connectivity index (χ2n) is 6.59. The van der Waals surface area contributed by atoms with Crippen LogP contribution in [0.1, 0.15) is 30.7 Å². The molecule has 1 aliphatic carbocycles. The van der Waals surface area contributed by atoms with Gasteiger partial charge in [0.05, 0.1) is 0 Å². The molecule has 2 aromatic rings. The van der Waals surface area contributed by atoms with Crippen LogP contribution in [0.2, 0.25) is 0 Å². The van der Waals surface area contributed by atoms with Gasteiger partial charge in [-0.3, -0.25) is 4.79 Å². The fraction of sp³-hybridized carbons (Fsp3) is 0.350. The summed E-state index contributed by atoms with van der Waals surface area (Å²) in [5.41, 5.74) is 3.43. The number of amides is 1. The first-order valence-corrected chi connectivity index (χ1v) is 8.52. The maximum absolute atomic E-state index is 12.4. The number of nitrogens with one attached hydrogen (secondary N) is 1. The van der Waals surface area contributed by atoms with E-state index in [1.54, 1.807) is 0 Å². The molecule has 2 aliphatic rings. The molecule has 2 atom stereocenters. The van der Waals surface area contributed by atoms with Crippen molar-refractivity contribution in [3.05, 3.63) is 60.2 Å². The minimum absolute atomic E-state index is 0.121. The van der Waals surface area contributed by atoms with Crippen molar-refractivity contribution in [2.75, 3.05) is 23.3 Å². The monoisotopic (exact) mass is 306 g/mol. The Labute approximate surface area is 137 Å². The lowest BCUT2D eigenvalue weighted by atomic mass is 10.1. The van der Waals surface area contributed by atoms with Crippen LogP contribution < -0.4 is 10.2 Å². The summed E-state index contributed by atoms with van der Waals surface area (Å²) in [5, 5.41) is 3.06. The highest BCUT2D eigenvalue weighted by atomic mass is 16.2. The number of hydrogen-bond donors (Lipinski definition) is 1. The summed E-state index contributed by atoms with van der Waals surface area (Å²) >= 11 is 0. The molecule has 0 aromatic heterocycles. The van der Waals surface area contributed by atoms with Crippen LogP contribution in [-0.4, -0.2) is 19.0 Å². The Balaban J connectivity index is 1.36. The molecule has 1 saturated carbocycles. The molecule has 2 unspecified atom stereocenters. The van der Waals surface area contributed by atoms with Crippen LogP contribution in [0, 0.1) is 5.92 Å². The van der Waals surface area contributed by atoms with Crippen LogP contribution in [-0.2, 0) is 4.79 Å². The quantitative estimate of drug-likeness (QED) is 0.925. The van der Waals surface area contributed by atoms with Crippen LogP contribution in [0.3, 0.4) is 0 Å². The molecule has 0 bridgehead atoms. The van der Waals surface area contributed by atoms with E-state index in [-0.39, 0.29) is 11.8 Å². The fourth-order valence-electron chi connectivity index (χ4n) is 3.52. The summed E-state index contributed by atoms with van der Waals surface area (Å²) in [6, 6.07) is 18.6. The lowest BCUT2D eigenvalue weighted by molar-refractivity contribution is -0.117. The first kappa shape index (κ1) is 14.3. The van der Waals surface area contributed by atoms with E-state index in [0.29, 0.717) is 5.92 Å². The molecule has 4 rings (SSSR count).